The molecule has 0 aliphatic carbocycles. The van der Waals surface area contributed by atoms with Crippen molar-refractivity contribution in [3.8, 4) is 0 Å². The van der Waals surface area contributed by atoms with E-state index in [0.29, 0.717) is 25.7 Å². The summed E-state index contributed by atoms with van der Waals surface area (Å²) < 4.78 is 67.9. The van der Waals surface area contributed by atoms with Crippen molar-refractivity contribution in [2.24, 2.45) is 11.8 Å². The van der Waals surface area contributed by atoms with Gasteiger partial charge in [0.15, 0.2) is 12.2 Å². The van der Waals surface area contributed by atoms with E-state index in [1.165, 1.54) is 141 Å². The van der Waals surface area contributed by atoms with Crippen molar-refractivity contribution in [2.75, 3.05) is 39.6 Å². The second kappa shape index (κ2) is 58.4. The molecule has 17 nitrogen and oxygen atoms in total. The second-order valence-corrected chi connectivity index (χ2v) is 27.2. The molecule has 0 radical (unpaired) electrons. The van der Waals surface area contributed by atoms with E-state index in [1.54, 1.807) is 0 Å². The lowest BCUT2D eigenvalue weighted by Gasteiger charge is -2.21. The normalized spacial score (nSPS) is 14.9. The van der Waals surface area contributed by atoms with Crippen molar-refractivity contribution in [1.82, 2.24) is 0 Å². The fraction of sp³-hybridized carbons (Fsp3) is 0.939. The summed E-state index contributed by atoms with van der Waals surface area (Å²) in [4.78, 5) is 72.1. The molecule has 0 heterocycles. The molecule has 0 spiro atoms. The highest BCUT2D eigenvalue weighted by atomic mass is 31.2. The van der Waals surface area contributed by atoms with E-state index in [1.807, 2.05) is 0 Å². The van der Waals surface area contributed by atoms with Crippen LogP contribution in [0.5, 0.6) is 0 Å². The Bertz CT molecular complexity index is 1670. The molecule has 85 heavy (non-hydrogen) atoms. The van der Waals surface area contributed by atoms with Crippen molar-refractivity contribution in [3.63, 3.8) is 0 Å². The molecule has 0 saturated heterocycles. The first-order valence-corrected chi connectivity index (χ1v) is 37.6. The van der Waals surface area contributed by atoms with E-state index in [0.717, 1.165) is 108 Å². The van der Waals surface area contributed by atoms with Gasteiger partial charge in [-0.3, -0.25) is 37.3 Å². The van der Waals surface area contributed by atoms with Crippen molar-refractivity contribution in [1.29, 1.82) is 0 Å². The van der Waals surface area contributed by atoms with E-state index >= 15 is 0 Å². The van der Waals surface area contributed by atoms with E-state index in [9.17, 15) is 43.2 Å². The number of hydrogen-bond donors (Lipinski definition) is 3. The summed E-state index contributed by atoms with van der Waals surface area (Å²) in [7, 11) is -9.88. The van der Waals surface area contributed by atoms with Gasteiger partial charge in [-0.2, -0.15) is 0 Å². The molecule has 0 fully saturated rings. The molecule has 0 amide bonds. The molecule has 0 aliphatic rings. The molecular formula is C66H128O17P2. The van der Waals surface area contributed by atoms with E-state index in [-0.39, 0.29) is 25.7 Å². The third kappa shape index (κ3) is 58.2. The number of carbonyl (C=O) groups excluding carboxylic acids is 4. The molecule has 3 N–H and O–H groups in total. The van der Waals surface area contributed by atoms with Gasteiger partial charge in [-0.25, -0.2) is 9.13 Å². The Kier molecular flexibility index (Phi) is 57.1. The smallest absolute Gasteiger partial charge is 0.462 e. The first kappa shape index (κ1) is 83.1. The van der Waals surface area contributed by atoms with Crippen molar-refractivity contribution in [3.05, 3.63) is 0 Å². The van der Waals surface area contributed by atoms with Gasteiger partial charge in [0.2, 0.25) is 0 Å². The average Bonchev–Trinajstić information content (AvgIpc) is 3.49. The number of ether oxygens (including phenoxy) is 4. The minimum atomic E-state index is -4.95. The van der Waals surface area contributed by atoms with Crippen LogP contribution >= 0.6 is 15.6 Å². The van der Waals surface area contributed by atoms with Crippen LogP contribution in [0.15, 0.2) is 0 Å². The number of esters is 4. The third-order valence-corrected chi connectivity index (χ3v) is 17.8. The molecule has 0 aromatic rings. The largest absolute Gasteiger partial charge is 0.472 e. The maximum absolute atomic E-state index is 13.0. The lowest BCUT2D eigenvalue weighted by atomic mass is 9.99. The molecule has 7 atom stereocenters. The van der Waals surface area contributed by atoms with Crippen molar-refractivity contribution in [2.45, 2.75) is 349 Å². The van der Waals surface area contributed by atoms with Gasteiger partial charge in [-0.05, 0) is 37.5 Å². The molecule has 0 aromatic heterocycles. The molecule has 0 rings (SSSR count). The molecule has 19 heteroatoms. The van der Waals surface area contributed by atoms with Crippen LogP contribution < -0.4 is 0 Å². The third-order valence-electron chi connectivity index (χ3n) is 15.9. The standard InChI is InChI=1S/C66H128O17P2/c1-7-11-13-15-16-17-18-19-27-32-38-44-50-65(70)82-61(54-76-63(68)48-42-34-14-12-8-2)56-80-84(72,73)78-52-60(67)53-79-85(74,75)81-57-62(83-66(71)51-45-39-33-28-23-21-25-30-36-41-47-59(6)10-4)55-77-64(69)49-43-37-31-26-22-20-24-29-35-40-46-58(5)9-3/h58-62,67H,7-57H2,1-6H3,(H,72,73)(H,74,75)/t58?,59?,60-,61+,62+/m0/s1. The zero-order valence-electron chi connectivity index (χ0n) is 54.9. The van der Waals surface area contributed by atoms with Crippen LogP contribution in [0.4, 0.5) is 0 Å². The van der Waals surface area contributed by atoms with Gasteiger partial charge in [0.05, 0.1) is 26.4 Å². The number of unbranched alkanes of at least 4 members (excludes halogenated alkanes) is 33. The average molecular weight is 1260 g/mol. The lowest BCUT2D eigenvalue weighted by molar-refractivity contribution is -0.161. The van der Waals surface area contributed by atoms with E-state index < -0.39 is 97.5 Å². The van der Waals surface area contributed by atoms with Crippen LogP contribution in [0.3, 0.4) is 0 Å². The minimum absolute atomic E-state index is 0.106. The molecule has 4 unspecified atom stereocenters. The summed E-state index contributed by atoms with van der Waals surface area (Å²) in [5.41, 5.74) is 0. The first-order valence-electron chi connectivity index (χ1n) is 34.6. The summed E-state index contributed by atoms with van der Waals surface area (Å²) in [6.45, 7) is 9.48. The molecule has 504 valence electrons. The fourth-order valence-electron chi connectivity index (χ4n) is 9.82. The Hall–Kier alpha value is -1.94. The summed E-state index contributed by atoms with van der Waals surface area (Å²) in [5.74, 6) is -0.527. The zero-order chi connectivity index (χ0) is 62.9. The Balaban J connectivity index is 5.19. The number of phosphoric acid groups is 2. The Morgan fingerprint density at radius 3 is 0.835 bits per heavy atom. The van der Waals surface area contributed by atoms with Crippen LogP contribution in [0, 0.1) is 11.8 Å². The Morgan fingerprint density at radius 1 is 0.329 bits per heavy atom. The highest BCUT2D eigenvalue weighted by Gasteiger charge is 2.30. The van der Waals surface area contributed by atoms with Gasteiger partial charge in [-0.15, -0.1) is 0 Å². The number of carbonyl (C=O) groups is 4. The molecule has 0 bridgehead atoms. The SMILES string of the molecule is CCCCCCCCCCCCCCC(=O)O[C@H](COC(=O)CCCCCCC)COP(=O)(O)OC[C@H](O)COP(=O)(O)OC[C@@H](COC(=O)CCCCCCCCCCCCC(C)CC)OC(=O)CCCCCCCCCCCCC(C)CC. The highest BCUT2D eigenvalue weighted by Crippen LogP contribution is 2.45. The van der Waals surface area contributed by atoms with Gasteiger partial charge >= 0.3 is 39.5 Å². The molecular weight excluding hydrogens is 1130 g/mol. The van der Waals surface area contributed by atoms with Crippen LogP contribution in [-0.2, 0) is 65.4 Å². The predicted molar refractivity (Wildman–Crippen MR) is 340 cm³/mol. The number of hydrogen-bond acceptors (Lipinski definition) is 15. The zero-order valence-corrected chi connectivity index (χ0v) is 56.7. The Morgan fingerprint density at radius 2 is 0.565 bits per heavy atom. The van der Waals surface area contributed by atoms with Crippen LogP contribution in [0.2, 0.25) is 0 Å². The topological polar surface area (TPSA) is 237 Å². The minimum Gasteiger partial charge on any atom is -0.462 e. The molecule has 0 aromatic carbocycles. The predicted octanol–water partition coefficient (Wildman–Crippen LogP) is 18.4. The lowest BCUT2D eigenvalue weighted by Crippen LogP contribution is -2.30. The summed E-state index contributed by atoms with van der Waals surface area (Å²) in [5, 5.41) is 10.5. The first-order chi connectivity index (χ1) is 40.9. The van der Waals surface area contributed by atoms with Gasteiger partial charge in [-0.1, -0.05) is 279 Å². The van der Waals surface area contributed by atoms with Crippen LogP contribution in [0.25, 0.3) is 0 Å². The quantitative estimate of drug-likeness (QED) is 0.0222. The summed E-state index contributed by atoms with van der Waals surface area (Å²) in [6, 6.07) is 0. The van der Waals surface area contributed by atoms with E-state index in [4.69, 9.17) is 37.0 Å². The Labute approximate surface area is 517 Å². The van der Waals surface area contributed by atoms with Gasteiger partial charge < -0.3 is 33.8 Å². The maximum atomic E-state index is 13.0. The van der Waals surface area contributed by atoms with Gasteiger partial charge in [0.25, 0.3) is 0 Å². The van der Waals surface area contributed by atoms with Crippen molar-refractivity contribution < 1.29 is 80.2 Å². The maximum Gasteiger partial charge on any atom is 0.472 e. The number of rotatable bonds is 65. The molecule has 0 saturated carbocycles. The number of aliphatic hydroxyl groups excluding tert-OH is 1. The second-order valence-electron chi connectivity index (χ2n) is 24.3. The van der Waals surface area contributed by atoms with E-state index in [2.05, 4.69) is 41.5 Å². The number of aliphatic hydroxyl groups is 1. The van der Waals surface area contributed by atoms with Gasteiger partial charge in [0, 0.05) is 25.7 Å². The van der Waals surface area contributed by atoms with Crippen LogP contribution in [-0.4, -0.2) is 96.7 Å². The number of phosphoric ester groups is 2. The van der Waals surface area contributed by atoms with Crippen LogP contribution in [0.1, 0.15) is 330 Å². The highest BCUT2D eigenvalue weighted by molar-refractivity contribution is 7.47. The molecule has 0 aliphatic heterocycles. The van der Waals surface area contributed by atoms with Crippen molar-refractivity contribution >= 4 is 39.5 Å². The summed E-state index contributed by atoms with van der Waals surface area (Å²) in [6.07, 6.45) is 41.8. The van der Waals surface area contributed by atoms with Gasteiger partial charge in [0.1, 0.15) is 19.3 Å². The fourth-order valence-corrected chi connectivity index (χ4v) is 11.4. The monoisotopic (exact) mass is 1250 g/mol. The summed E-state index contributed by atoms with van der Waals surface area (Å²) >= 11 is 0.